The molecule has 2 aliphatic heterocycles. The van der Waals surface area contributed by atoms with Gasteiger partial charge in [0.1, 0.15) is 0 Å². The van der Waals surface area contributed by atoms with Gasteiger partial charge in [-0.05, 0) is 19.4 Å². The van der Waals surface area contributed by atoms with Crippen LogP contribution < -0.4 is 0 Å². The van der Waals surface area contributed by atoms with E-state index < -0.39 is 6.09 Å². The Labute approximate surface area is 167 Å². The standard InChI is InChI=1S/C21H33N3O4/c1-3-27-15-20-16-28-10-9-22(20)13-19-14-24(21(25)26)17(2)11-23(19)12-18-7-5-4-6-8-18/h4-8,17,19-20H,3,9-16H2,1-2H3,(H,25,26)/t17-,19+,20-/m1/s1. The molecule has 156 valence electrons. The Bertz CT molecular complexity index is 615. The van der Waals surface area contributed by atoms with Gasteiger partial charge in [0.25, 0.3) is 0 Å². The summed E-state index contributed by atoms with van der Waals surface area (Å²) in [5.74, 6) is 0. The number of carbonyl (C=O) groups is 1. The summed E-state index contributed by atoms with van der Waals surface area (Å²) in [5, 5.41) is 9.63. The molecule has 7 nitrogen and oxygen atoms in total. The third kappa shape index (κ3) is 5.44. The van der Waals surface area contributed by atoms with Gasteiger partial charge in [-0.2, -0.15) is 0 Å². The van der Waals surface area contributed by atoms with E-state index >= 15 is 0 Å². The van der Waals surface area contributed by atoms with E-state index in [2.05, 4.69) is 34.1 Å². The molecule has 1 aromatic carbocycles. The summed E-state index contributed by atoms with van der Waals surface area (Å²) in [6, 6.07) is 10.8. The Morgan fingerprint density at radius 3 is 2.71 bits per heavy atom. The molecular weight excluding hydrogens is 358 g/mol. The Kier molecular flexibility index (Phi) is 7.67. The quantitative estimate of drug-likeness (QED) is 0.767. The lowest BCUT2D eigenvalue weighted by Gasteiger charge is -2.47. The molecule has 1 aromatic rings. The number of piperazine rings is 1. The molecule has 0 saturated carbocycles. The van der Waals surface area contributed by atoms with Gasteiger partial charge in [-0.1, -0.05) is 30.3 Å². The molecule has 2 saturated heterocycles. The minimum atomic E-state index is -0.829. The highest BCUT2D eigenvalue weighted by atomic mass is 16.5. The Morgan fingerprint density at radius 2 is 2.00 bits per heavy atom. The van der Waals surface area contributed by atoms with Crippen molar-refractivity contribution < 1.29 is 19.4 Å². The number of rotatable bonds is 7. The van der Waals surface area contributed by atoms with Crippen molar-refractivity contribution in [2.45, 2.75) is 38.5 Å². The monoisotopic (exact) mass is 391 g/mol. The summed E-state index contributed by atoms with van der Waals surface area (Å²) in [6.07, 6.45) is -0.829. The molecule has 3 rings (SSSR count). The number of nitrogens with zero attached hydrogens (tertiary/aromatic N) is 3. The van der Waals surface area contributed by atoms with Crippen molar-refractivity contribution in [2.75, 3.05) is 52.6 Å². The minimum absolute atomic E-state index is 0.0126. The molecule has 28 heavy (non-hydrogen) atoms. The van der Waals surface area contributed by atoms with Crippen molar-refractivity contribution in [3.63, 3.8) is 0 Å². The van der Waals surface area contributed by atoms with Crippen molar-refractivity contribution in [3.8, 4) is 0 Å². The molecular formula is C21H33N3O4. The van der Waals surface area contributed by atoms with Gasteiger partial charge in [0.05, 0.1) is 25.9 Å². The van der Waals surface area contributed by atoms with E-state index in [-0.39, 0.29) is 18.1 Å². The summed E-state index contributed by atoms with van der Waals surface area (Å²) >= 11 is 0. The van der Waals surface area contributed by atoms with E-state index in [4.69, 9.17) is 9.47 Å². The minimum Gasteiger partial charge on any atom is -0.465 e. The molecule has 1 amide bonds. The van der Waals surface area contributed by atoms with Crippen molar-refractivity contribution >= 4 is 6.09 Å². The van der Waals surface area contributed by atoms with Crippen molar-refractivity contribution in [1.82, 2.24) is 14.7 Å². The van der Waals surface area contributed by atoms with Crippen molar-refractivity contribution in [3.05, 3.63) is 35.9 Å². The van der Waals surface area contributed by atoms with Crippen LogP contribution in [0.15, 0.2) is 30.3 Å². The third-order valence-electron chi connectivity index (χ3n) is 5.74. The van der Waals surface area contributed by atoms with Gasteiger partial charge in [-0.15, -0.1) is 0 Å². The van der Waals surface area contributed by atoms with E-state index in [0.29, 0.717) is 33.0 Å². The summed E-state index contributed by atoms with van der Waals surface area (Å²) < 4.78 is 11.3. The van der Waals surface area contributed by atoms with Crippen LogP contribution in [0, 0.1) is 0 Å². The van der Waals surface area contributed by atoms with E-state index in [1.165, 1.54) is 5.56 Å². The normalized spacial score (nSPS) is 27.1. The van der Waals surface area contributed by atoms with Crippen LogP contribution in [0.25, 0.3) is 0 Å². The number of hydrogen-bond acceptors (Lipinski definition) is 5. The van der Waals surface area contributed by atoms with Crippen LogP contribution in [0.3, 0.4) is 0 Å². The summed E-state index contributed by atoms with van der Waals surface area (Å²) in [6.45, 7) is 10.5. The first-order chi connectivity index (χ1) is 13.6. The van der Waals surface area contributed by atoms with Gasteiger partial charge in [0.15, 0.2) is 0 Å². The molecule has 1 N–H and O–H groups in total. The lowest BCUT2D eigenvalue weighted by atomic mass is 10.0. The second-order valence-electron chi connectivity index (χ2n) is 7.74. The van der Waals surface area contributed by atoms with Crippen LogP contribution in [0.2, 0.25) is 0 Å². The first kappa shape index (κ1) is 21.0. The van der Waals surface area contributed by atoms with Crippen molar-refractivity contribution in [1.29, 1.82) is 0 Å². The maximum atomic E-state index is 11.7. The number of benzene rings is 1. The van der Waals surface area contributed by atoms with Gasteiger partial charge in [-0.3, -0.25) is 9.80 Å². The van der Waals surface area contributed by atoms with Gasteiger partial charge >= 0.3 is 6.09 Å². The van der Waals surface area contributed by atoms with Gasteiger partial charge in [0, 0.05) is 51.4 Å². The summed E-state index contributed by atoms with van der Waals surface area (Å²) in [7, 11) is 0. The van der Waals surface area contributed by atoms with Gasteiger partial charge < -0.3 is 19.5 Å². The average molecular weight is 392 g/mol. The third-order valence-corrected chi connectivity index (χ3v) is 5.74. The van der Waals surface area contributed by atoms with Crippen molar-refractivity contribution in [2.24, 2.45) is 0 Å². The molecule has 0 bridgehead atoms. The fourth-order valence-electron chi connectivity index (χ4n) is 4.17. The molecule has 0 aromatic heterocycles. The molecule has 2 heterocycles. The maximum Gasteiger partial charge on any atom is 0.407 e. The second kappa shape index (κ2) is 10.2. The maximum absolute atomic E-state index is 11.7. The average Bonchev–Trinajstić information content (AvgIpc) is 2.69. The zero-order valence-corrected chi connectivity index (χ0v) is 17.0. The molecule has 2 aliphatic rings. The Morgan fingerprint density at radius 1 is 1.21 bits per heavy atom. The summed E-state index contributed by atoms with van der Waals surface area (Å²) in [5.41, 5.74) is 1.26. The Hall–Kier alpha value is -1.67. The highest BCUT2D eigenvalue weighted by Gasteiger charge is 2.36. The smallest absolute Gasteiger partial charge is 0.407 e. The highest BCUT2D eigenvalue weighted by Crippen LogP contribution is 2.21. The van der Waals surface area contributed by atoms with Crippen LogP contribution >= 0.6 is 0 Å². The lowest BCUT2D eigenvalue weighted by Crippen LogP contribution is -2.62. The molecule has 0 aliphatic carbocycles. The van der Waals surface area contributed by atoms with E-state index in [1.54, 1.807) is 4.90 Å². The first-order valence-corrected chi connectivity index (χ1v) is 10.3. The van der Waals surface area contributed by atoms with Crippen LogP contribution in [0.5, 0.6) is 0 Å². The number of carboxylic acid groups (broad SMARTS) is 1. The molecule has 0 radical (unpaired) electrons. The Balaban J connectivity index is 1.72. The fraction of sp³-hybridized carbons (Fsp3) is 0.667. The predicted molar refractivity (Wildman–Crippen MR) is 108 cm³/mol. The topological polar surface area (TPSA) is 65.5 Å². The number of hydrogen-bond donors (Lipinski definition) is 1. The van der Waals surface area contributed by atoms with Gasteiger partial charge in [-0.25, -0.2) is 4.79 Å². The van der Waals surface area contributed by atoms with Crippen LogP contribution in [-0.2, 0) is 16.0 Å². The predicted octanol–water partition coefficient (Wildman–Crippen LogP) is 1.98. The van der Waals surface area contributed by atoms with E-state index in [9.17, 15) is 9.90 Å². The van der Waals surface area contributed by atoms with Crippen LogP contribution in [0.1, 0.15) is 19.4 Å². The van der Waals surface area contributed by atoms with E-state index in [0.717, 1.165) is 26.2 Å². The molecule has 7 heteroatoms. The van der Waals surface area contributed by atoms with Crippen LogP contribution in [-0.4, -0.2) is 96.6 Å². The first-order valence-electron chi connectivity index (χ1n) is 10.3. The molecule has 0 unspecified atom stereocenters. The SMILES string of the molecule is CCOC[C@@H]1COCCN1C[C@H]1CN(C(=O)O)[C@H](C)CN1Cc1ccccc1. The second-order valence-corrected chi connectivity index (χ2v) is 7.74. The fourth-order valence-corrected chi connectivity index (χ4v) is 4.17. The summed E-state index contributed by atoms with van der Waals surface area (Å²) in [4.78, 5) is 18.2. The lowest BCUT2D eigenvalue weighted by molar-refractivity contribution is -0.0601. The molecule has 2 fully saturated rings. The molecule has 3 atom stereocenters. The zero-order valence-electron chi connectivity index (χ0n) is 17.0. The molecule has 0 spiro atoms. The highest BCUT2D eigenvalue weighted by molar-refractivity contribution is 5.65. The largest absolute Gasteiger partial charge is 0.465 e. The number of morpholine rings is 1. The van der Waals surface area contributed by atoms with Crippen LogP contribution in [0.4, 0.5) is 4.79 Å². The van der Waals surface area contributed by atoms with Gasteiger partial charge in [0.2, 0.25) is 0 Å². The zero-order chi connectivity index (χ0) is 19.9. The number of amides is 1. The van der Waals surface area contributed by atoms with E-state index in [1.807, 2.05) is 19.9 Å². The number of ether oxygens (including phenoxy) is 2.